The molecular weight excluding hydrogens is 607 g/mol. The number of amides is 1. The van der Waals surface area contributed by atoms with Crippen LogP contribution in [0.4, 0.5) is 45.2 Å². The third kappa shape index (κ3) is 6.49. The van der Waals surface area contributed by atoms with Gasteiger partial charge in [0, 0.05) is 37.7 Å². The summed E-state index contributed by atoms with van der Waals surface area (Å²) in [6.07, 6.45) is -14.6. The van der Waals surface area contributed by atoms with Gasteiger partial charge in [-0.15, -0.1) is 0 Å². The lowest BCUT2D eigenvalue weighted by Crippen LogP contribution is -2.43. The third-order valence-corrected chi connectivity index (χ3v) is 8.47. The molecule has 0 saturated heterocycles. The van der Waals surface area contributed by atoms with E-state index < -0.39 is 70.7 Å². The van der Waals surface area contributed by atoms with Crippen LogP contribution in [0.15, 0.2) is 24.3 Å². The topological polar surface area (TPSA) is 49.9 Å². The number of halogens is 9. The molecule has 14 heteroatoms. The predicted molar refractivity (Wildman–Crippen MR) is 142 cm³/mol. The van der Waals surface area contributed by atoms with Crippen molar-refractivity contribution in [1.82, 2.24) is 4.90 Å². The number of nitrogens with zero attached hydrogens (tertiary/aromatic N) is 2. The van der Waals surface area contributed by atoms with Crippen molar-refractivity contribution in [2.75, 3.05) is 25.1 Å². The van der Waals surface area contributed by atoms with E-state index in [4.69, 9.17) is 4.74 Å². The van der Waals surface area contributed by atoms with Gasteiger partial charge in [-0.3, -0.25) is 9.59 Å². The van der Waals surface area contributed by atoms with Crippen LogP contribution in [-0.2, 0) is 44.8 Å². The van der Waals surface area contributed by atoms with Gasteiger partial charge in [0.05, 0.1) is 36.3 Å². The summed E-state index contributed by atoms with van der Waals surface area (Å²) in [5.41, 5.74) is -5.61. The van der Waals surface area contributed by atoms with Crippen molar-refractivity contribution in [3.05, 3.63) is 63.2 Å². The molecule has 2 aliphatic rings. The molecule has 0 bridgehead atoms. The Morgan fingerprint density at radius 3 is 2.05 bits per heavy atom. The molecule has 0 aliphatic carbocycles. The Morgan fingerprint density at radius 2 is 1.55 bits per heavy atom. The maximum Gasteiger partial charge on any atom is 0.417 e. The molecular formula is C30H31F9N2O3. The lowest BCUT2D eigenvalue weighted by atomic mass is 9.69. The summed E-state index contributed by atoms with van der Waals surface area (Å²) >= 11 is 0. The van der Waals surface area contributed by atoms with Crippen LogP contribution in [0.5, 0.6) is 0 Å². The van der Waals surface area contributed by atoms with Crippen molar-refractivity contribution >= 4 is 17.6 Å². The van der Waals surface area contributed by atoms with Crippen molar-refractivity contribution in [3.63, 3.8) is 0 Å². The van der Waals surface area contributed by atoms with Crippen LogP contribution in [0.1, 0.15) is 84.5 Å². The average Bonchev–Trinajstić information content (AvgIpc) is 3.06. The Hall–Kier alpha value is -3.45. The van der Waals surface area contributed by atoms with Crippen molar-refractivity contribution in [3.8, 4) is 0 Å². The molecule has 2 atom stereocenters. The van der Waals surface area contributed by atoms with E-state index in [1.54, 1.807) is 4.90 Å². The number of carbonyl (C=O) groups is 2. The van der Waals surface area contributed by atoms with E-state index in [1.165, 1.54) is 19.9 Å². The van der Waals surface area contributed by atoms with Gasteiger partial charge in [0.15, 0.2) is 0 Å². The fourth-order valence-electron chi connectivity index (χ4n) is 6.49. The van der Waals surface area contributed by atoms with Crippen molar-refractivity contribution < 1.29 is 53.8 Å². The van der Waals surface area contributed by atoms with Gasteiger partial charge in [-0.05, 0) is 66.6 Å². The lowest BCUT2D eigenvalue weighted by Gasteiger charge is -2.45. The molecule has 0 aromatic heterocycles. The highest BCUT2D eigenvalue weighted by atomic mass is 19.4. The first-order chi connectivity index (χ1) is 20.2. The van der Waals surface area contributed by atoms with E-state index >= 15 is 0 Å². The van der Waals surface area contributed by atoms with Crippen molar-refractivity contribution in [1.29, 1.82) is 0 Å². The van der Waals surface area contributed by atoms with Gasteiger partial charge < -0.3 is 14.5 Å². The first kappa shape index (κ1) is 33.4. The number of methoxy groups -OCH3 is 1. The molecule has 0 saturated carbocycles. The minimum absolute atomic E-state index is 0.0110. The number of hydrogen-bond donors (Lipinski definition) is 0. The minimum atomic E-state index is -5.10. The number of alkyl halides is 9. The summed E-state index contributed by atoms with van der Waals surface area (Å²) in [5, 5.41) is 0. The fourth-order valence-corrected chi connectivity index (χ4v) is 6.49. The Balaban J connectivity index is 1.94. The number of aryl methyl sites for hydroxylation is 1. The molecule has 0 radical (unpaired) electrons. The van der Waals surface area contributed by atoms with E-state index in [-0.39, 0.29) is 54.3 Å². The second-order valence-corrected chi connectivity index (χ2v) is 11.6. The third-order valence-electron chi connectivity index (χ3n) is 8.47. The number of carbonyl (C=O) groups excluding carboxylic acids is 2. The average molecular weight is 639 g/mol. The molecule has 2 aromatic rings. The number of hydrogen-bond acceptors (Lipinski definition) is 4. The van der Waals surface area contributed by atoms with Crippen molar-refractivity contribution in [2.24, 2.45) is 0 Å². The van der Waals surface area contributed by atoms with Crippen LogP contribution in [0, 0.1) is 6.92 Å². The zero-order valence-corrected chi connectivity index (χ0v) is 24.4. The van der Waals surface area contributed by atoms with Gasteiger partial charge in [-0.25, -0.2) is 0 Å². The van der Waals surface area contributed by atoms with Crippen LogP contribution in [0.3, 0.4) is 0 Å². The summed E-state index contributed by atoms with van der Waals surface area (Å²) in [7, 11) is 1.13. The zero-order chi connectivity index (χ0) is 33.0. The van der Waals surface area contributed by atoms with E-state index in [0.717, 1.165) is 18.9 Å². The molecule has 2 aromatic carbocycles. The monoisotopic (exact) mass is 638 g/mol. The van der Waals surface area contributed by atoms with Gasteiger partial charge in [-0.2, -0.15) is 39.5 Å². The predicted octanol–water partition coefficient (Wildman–Crippen LogP) is 7.97. The van der Waals surface area contributed by atoms with Crippen LogP contribution >= 0.6 is 0 Å². The van der Waals surface area contributed by atoms with E-state index in [9.17, 15) is 49.1 Å². The molecule has 1 unspecified atom stereocenters. The largest absolute Gasteiger partial charge is 0.469 e. The summed E-state index contributed by atoms with van der Waals surface area (Å²) in [6.45, 7) is 3.81. The highest BCUT2D eigenvalue weighted by molar-refractivity contribution is 5.78. The van der Waals surface area contributed by atoms with Gasteiger partial charge in [0.2, 0.25) is 5.91 Å². The van der Waals surface area contributed by atoms with Gasteiger partial charge in [-0.1, -0.05) is 13.0 Å². The molecule has 0 spiro atoms. The normalized spacial score (nSPS) is 20.6. The van der Waals surface area contributed by atoms with Crippen LogP contribution < -0.4 is 4.90 Å². The molecule has 44 heavy (non-hydrogen) atoms. The first-order valence-electron chi connectivity index (χ1n) is 13.8. The van der Waals surface area contributed by atoms with E-state index in [2.05, 4.69) is 0 Å². The van der Waals surface area contributed by atoms with E-state index in [0.29, 0.717) is 25.1 Å². The maximum absolute atomic E-state index is 14.6. The Labute approximate surface area is 247 Å². The molecule has 242 valence electrons. The number of esters is 1. The van der Waals surface area contributed by atoms with Gasteiger partial charge in [0.25, 0.3) is 0 Å². The minimum Gasteiger partial charge on any atom is -0.469 e. The van der Waals surface area contributed by atoms with E-state index in [1.807, 2.05) is 0 Å². The van der Waals surface area contributed by atoms with Gasteiger partial charge in [0.1, 0.15) is 0 Å². The van der Waals surface area contributed by atoms with Crippen LogP contribution in [0.2, 0.25) is 0 Å². The maximum atomic E-state index is 14.6. The van der Waals surface area contributed by atoms with Gasteiger partial charge >= 0.3 is 24.5 Å². The summed E-state index contributed by atoms with van der Waals surface area (Å²) in [6, 6.07) is 1.38. The molecule has 1 amide bonds. The Bertz CT molecular complexity index is 1420. The number of anilines is 1. The summed E-state index contributed by atoms with van der Waals surface area (Å²) < 4.78 is 130. The smallest absolute Gasteiger partial charge is 0.417 e. The first-order valence-corrected chi connectivity index (χ1v) is 13.8. The number of ether oxygens (including phenoxy) is 1. The molecule has 2 heterocycles. The standard InChI is InChI=1S/C30H31F9N2O3/c1-16-10-21-22(41(17(2)42)15-18-11-19(28(31,32)33)13-20(12-18)29(34,35)36)6-5-8-40-9-7-27(3,14-23(43)44-4)25(26(21)40)24(16)30(37,38)39/h10-13,22H,5-9,14-15H2,1-4H3/t22-,27?/m0/s1. The molecule has 2 aliphatic heterocycles. The zero-order valence-electron chi connectivity index (χ0n) is 24.4. The SMILES string of the molecule is COC(=O)CC1(C)CCN2CCC[C@H](N(Cc3cc(C(F)(F)F)cc(C(F)(F)F)c3)C(C)=O)c3cc(C)c(C(F)(F)F)c1c32. The molecule has 5 nitrogen and oxygen atoms in total. The second-order valence-electron chi connectivity index (χ2n) is 11.6. The second kappa shape index (κ2) is 11.5. The number of benzene rings is 2. The quantitative estimate of drug-likeness (QED) is 0.246. The van der Waals surface area contributed by atoms with Crippen LogP contribution in [-0.4, -0.2) is 37.0 Å². The highest BCUT2D eigenvalue weighted by Crippen LogP contribution is 2.54. The van der Waals surface area contributed by atoms with Crippen molar-refractivity contribution in [2.45, 2.75) is 83.0 Å². The van der Waals surface area contributed by atoms with Crippen LogP contribution in [0.25, 0.3) is 0 Å². The Kier molecular flexibility index (Phi) is 8.73. The highest BCUT2D eigenvalue weighted by Gasteiger charge is 2.49. The fraction of sp³-hybridized carbons (Fsp3) is 0.533. The number of rotatable bonds is 5. The summed E-state index contributed by atoms with van der Waals surface area (Å²) in [5.74, 6) is -1.40. The molecule has 4 rings (SSSR count). The molecule has 0 N–H and O–H groups in total. The Morgan fingerprint density at radius 1 is 0.955 bits per heavy atom. The molecule has 0 fully saturated rings. The lowest BCUT2D eigenvalue weighted by molar-refractivity contribution is -0.144. The summed E-state index contributed by atoms with van der Waals surface area (Å²) in [4.78, 5) is 28.3.